The number of hydrogen-bond acceptors (Lipinski definition) is 1. The van der Waals surface area contributed by atoms with E-state index in [0.717, 1.165) is 22.2 Å². The summed E-state index contributed by atoms with van der Waals surface area (Å²) in [4.78, 5) is 12.2. The van der Waals surface area contributed by atoms with Crippen LogP contribution < -0.4 is 5.32 Å². The lowest BCUT2D eigenvalue weighted by atomic mass is 10.0. The van der Waals surface area contributed by atoms with Gasteiger partial charge in [-0.25, -0.2) is 8.78 Å². The molecule has 1 unspecified atom stereocenters. The average molecular weight is 389 g/mol. The molecule has 1 atom stereocenters. The molecule has 6 heteroatoms. The van der Waals surface area contributed by atoms with Crippen LogP contribution in [0.1, 0.15) is 28.4 Å². The quantitative estimate of drug-likeness (QED) is 0.731. The first-order chi connectivity index (χ1) is 10.5. The second-order valence-electron chi connectivity index (χ2n) is 4.62. The fourth-order valence-corrected chi connectivity index (χ4v) is 2.90. The molecule has 0 spiro atoms. The van der Waals surface area contributed by atoms with Crippen LogP contribution in [0.25, 0.3) is 0 Å². The van der Waals surface area contributed by atoms with E-state index in [-0.39, 0.29) is 0 Å². The normalized spacial score (nSPS) is 12.0. The predicted molar refractivity (Wildman–Crippen MR) is 86.0 cm³/mol. The van der Waals surface area contributed by atoms with Crippen LogP contribution in [0.5, 0.6) is 0 Å². The largest absolute Gasteiger partial charge is 0.345 e. The van der Waals surface area contributed by atoms with Crippen molar-refractivity contribution in [3.05, 3.63) is 69.7 Å². The Morgan fingerprint density at radius 1 is 1.14 bits per heavy atom. The fraction of sp³-hybridized carbons (Fsp3) is 0.188. The van der Waals surface area contributed by atoms with Crippen molar-refractivity contribution in [2.24, 2.45) is 0 Å². The van der Waals surface area contributed by atoms with Gasteiger partial charge in [0.05, 0.1) is 6.04 Å². The molecule has 0 saturated heterocycles. The van der Waals surface area contributed by atoms with Crippen LogP contribution >= 0.6 is 27.5 Å². The molecule has 0 radical (unpaired) electrons. The number of rotatable bonds is 5. The first-order valence-electron chi connectivity index (χ1n) is 6.60. The summed E-state index contributed by atoms with van der Waals surface area (Å²) in [6, 6.07) is 10.2. The van der Waals surface area contributed by atoms with E-state index in [1.54, 1.807) is 0 Å². The summed E-state index contributed by atoms with van der Waals surface area (Å²) in [7, 11) is 0. The van der Waals surface area contributed by atoms with Crippen LogP contribution in [0.4, 0.5) is 8.78 Å². The fourth-order valence-electron chi connectivity index (χ4n) is 2.12. The van der Waals surface area contributed by atoms with Crippen molar-refractivity contribution in [3.8, 4) is 0 Å². The van der Waals surface area contributed by atoms with Crippen molar-refractivity contribution < 1.29 is 13.6 Å². The zero-order valence-electron chi connectivity index (χ0n) is 11.5. The van der Waals surface area contributed by atoms with Crippen molar-refractivity contribution in [1.82, 2.24) is 5.32 Å². The van der Waals surface area contributed by atoms with Gasteiger partial charge in [0, 0.05) is 10.4 Å². The van der Waals surface area contributed by atoms with Gasteiger partial charge >= 0.3 is 0 Å². The predicted octanol–water partition coefficient (Wildman–Crippen LogP) is 4.83. The van der Waals surface area contributed by atoms with Crippen molar-refractivity contribution in [3.63, 3.8) is 0 Å². The molecule has 116 valence electrons. The number of benzene rings is 2. The highest BCUT2D eigenvalue weighted by atomic mass is 79.9. The molecule has 0 saturated carbocycles. The second-order valence-corrected chi connectivity index (χ2v) is 5.85. The number of hydrogen-bond donors (Lipinski definition) is 1. The molecule has 1 N–H and O–H groups in total. The Labute approximate surface area is 140 Å². The summed E-state index contributed by atoms with van der Waals surface area (Å²) in [6.45, 7) is 0. The number of halogens is 4. The Hall–Kier alpha value is -1.46. The third-order valence-corrected chi connectivity index (χ3v) is 4.11. The molecular formula is C16H13BrClF2NO. The Balaban J connectivity index is 2.29. The highest BCUT2D eigenvalue weighted by molar-refractivity contribution is 9.10. The lowest BCUT2D eigenvalue weighted by molar-refractivity contribution is 0.0927. The average Bonchev–Trinajstić information content (AvgIpc) is 2.47. The molecule has 0 bridgehead atoms. The third-order valence-electron chi connectivity index (χ3n) is 3.17. The Morgan fingerprint density at radius 2 is 1.77 bits per heavy atom. The van der Waals surface area contributed by atoms with Crippen LogP contribution in [0.2, 0.25) is 0 Å². The van der Waals surface area contributed by atoms with Gasteiger partial charge in [-0.15, -0.1) is 11.6 Å². The topological polar surface area (TPSA) is 29.1 Å². The van der Waals surface area contributed by atoms with Gasteiger partial charge in [0.2, 0.25) is 0 Å². The summed E-state index contributed by atoms with van der Waals surface area (Å²) in [6.07, 6.45) is 0.436. The number of carbonyl (C=O) groups excluding carboxylic acids is 1. The van der Waals surface area contributed by atoms with E-state index in [2.05, 4.69) is 21.2 Å². The standard InChI is InChI=1S/C16H13BrClF2NO/c17-11-5-2-1-4-10(11)14(8-9-18)21-16(22)15-12(19)6-3-7-13(15)20/h1-7,14H,8-9H2,(H,21,22). The highest BCUT2D eigenvalue weighted by Gasteiger charge is 2.22. The van der Waals surface area contributed by atoms with Gasteiger partial charge in [-0.3, -0.25) is 4.79 Å². The van der Waals surface area contributed by atoms with Gasteiger partial charge in [-0.05, 0) is 30.2 Å². The van der Waals surface area contributed by atoms with Crippen molar-refractivity contribution in [2.45, 2.75) is 12.5 Å². The van der Waals surface area contributed by atoms with Gasteiger partial charge in [-0.1, -0.05) is 40.2 Å². The van der Waals surface area contributed by atoms with Crippen molar-refractivity contribution in [1.29, 1.82) is 0 Å². The van der Waals surface area contributed by atoms with Crippen LogP contribution in [-0.2, 0) is 0 Å². The molecule has 2 aromatic carbocycles. The summed E-state index contributed by atoms with van der Waals surface area (Å²) >= 11 is 9.18. The Bertz CT molecular complexity index is 661. The van der Waals surface area contributed by atoms with Gasteiger partial charge in [-0.2, -0.15) is 0 Å². The van der Waals surface area contributed by atoms with Gasteiger partial charge in [0.15, 0.2) is 0 Å². The molecule has 2 nitrogen and oxygen atoms in total. The van der Waals surface area contributed by atoms with E-state index in [4.69, 9.17) is 11.6 Å². The summed E-state index contributed by atoms with van der Waals surface area (Å²) in [5.41, 5.74) is 0.211. The number of alkyl halides is 1. The minimum absolute atomic E-state index is 0.298. The Kier molecular flexibility index (Phi) is 5.91. The van der Waals surface area contributed by atoms with Crippen molar-refractivity contribution in [2.75, 3.05) is 5.88 Å². The maximum absolute atomic E-state index is 13.7. The van der Waals surface area contributed by atoms with E-state index >= 15 is 0 Å². The minimum atomic E-state index is -0.894. The summed E-state index contributed by atoms with van der Waals surface area (Å²) in [5.74, 6) is -2.29. The molecule has 2 aromatic rings. The highest BCUT2D eigenvalue weighted by Crippen LogP contribution is 2.26. The van der Waals surface area contributed by atoms with Crippen LogP contribution in [0.3, 0.4) is 0 Å². The number of carbonyl (C=O) groups is 1. The van der Waals surface area contributed by atoms with Crippen LogP contribution in [0.15, 0.2) is 46.9 Å². The van der Waals surface area contributed by atoms with E-state index in [1.807, 2.05) is 24.3 Å². The lowest BCUT2D eigenvalue weighted by Crippen LogP contribution is -2.30. The smallest absolute Gasteiger partial charge is 0.257 e. The van der Waals surface area contributed by atoms with Gasteiger partial charge in [0.25, 0.3) is 5.91 Å². The SMILES string of the molecule is O=C(NC(CCCl)c1ccccc1Br)c1c(F)cccc1F. The monoisotopic (exact) mass is 387 g/mol. The van der Waals surface area contributed by atoms with Crippen LogP contribution in [-0.4, -0.2) is 11.8 Å². The second kappa shape index (κ2) is 7.70. The van der Waals surface area contributed by atoms with E-state index in [9.17, 15) is 13.6 Å². The molecular weight excluding hydrogens is 376 g/mol. The van der Waals surface area contributed by atoms with Crippen molar-refractivity contribution >= 4 is 33.4 Å². The molecule has 0 fully saturated rings. The molecule has 0 heterocycles. The van der Waals surface area contributed by atoms with E-state index in [1.165, 1.54) is 6.07 Å². The minimum Gasteiger partial charge on any atom is -0.345 e. The van der Waals surface area contributed by atoms with Crippen LogP contribution in [0, 0.1) is 11.6 Å². The Morgan fingerprint density at radius 3 is 2.36 bits per heavy atom. The first-order valence-corrected chi connectivity index (χ1v) is 7.92. The van der Waals surface area contributed by atoms with E-state index in [0.29, 0.717) is 12.3 Å². The zero-order valence-corrected chi connectivity index (χ0v) is 13.8. The summed E-state index contributed by atoms with van der Waals surface area (Å²) < 4.78 is 28.2. The van der Waals surface area contributed by atoms with Gasteiger partial charge < -0.3 is 5.32 Å². The molecule has 0 aliphatic rings. The molecule has 0 aliphatic carbocycles. The molecule has 1 amide bonds. The zero-order chi connectivity index (χ0) is 16.1. The lowest BCUT2D eigenvalue weighted by Gasteiger charge is -2.20. The molecule has 0 aromatic heterocycles. The summed E-state index contributed by atoms with van der Waals surface area (Å²) in [5, 5.41) is 2.64. The number of nitrogens with one attached hydrogen (secondary N) is 1. The maximum Gasteiger partial charge on any atom is 0.257 e. The molecule has 0 aliphatic heterocycles. The maximum atomic E-state index is 13.7. The molecule has 2 rings (SSSR count). The third kappa shape index (κ3) is 3.84. The van der Waals surface area contributed by atoms with E-state index < -0.39 is 29.1 Å². The molecule has 22 heavy (non-hydrogen) atoms. The number of amides is 1. The first kappa shape index (κ1) is 16.9. The van der Waals surface area contributed by atoms with Gasteiger partial charge in [0.1, 0.15) is 17.2 Å².